The van der Waals surface area contributed by atoms with Crippen LogP contribution in [-0.4, -0.2) is 43.5 Å². The lowest BCUT2D eigenvalue weighted by molar-refractivity contribution is 0.106. The molecular weight excluding hydrogens is 206 g/mol. The fourth-order valence-corrected chi connectivity index (χ4v) is 2.01. The Hall–Kier alpha value is 0.270. The molecule has 0 spiro atoms. The molecule has 1 unspecified atom stereocenters. The van der Waals surface area contributed by atoms with E-state index in [1.54, 1.807) is 7.11 Å². The van der Waals surface area contributed by atoms with Gasteiger partial charge < -0.3 is 4.74 Å². The minimum absolute atomic E-state index is 0.658. The van der Waals surface area contributed by atoms with E-state index in [2.05, 4.69) is 38.3 Å². The average molecular weight is 233 g/mol. The van der Waals surface area contributed by atoms with Crippen molar-refractivity contribution in [1.82, 2.24) is 4.90 Å². The van der Waals surface area contributed by atoms with Gasteiger partial charge in [0.2, 0.25) is 0 Å². The highest BCUT2D eigenvalue weighted by atomic mass is 32.1. The molecule has 0 fully saturated rings. The maximum Gasteiger partial charge on any atom is 0.0589 e. The van der Waals surface area contributed by atoms with Crippen LogP contribution < -0.4 is 0 Å². The standard InChI is InChI=1S/C12H27NOS/c1-5-12(6-2)13(7-8-14-4)9-11(3)10-15/h11-12,15H,5-10H2,1-4H3. The Morgan fingerprint density at radius 3 is 2.27 bits per heavy atom. The van der Waals surface area contributed by atoms with Crippen LogP contribution >= 0.6 is 12.6 Å². The second-order valence-electron chi connectivity index (χ2n) is 4.25. The van der Waals surface area contributed by atoms with Gasteiger partial charge in [0.05, 0.1) is 6.61 Å². The first-order valence-electron chi connectivity index (χ1n) is 6.03. The highest BCUT2D eigenvalue weighted by Gasteiger charge is 2.16. The van der Waals surface area contributed by atoms with E-state index in [0.717, 1.165) is 25.4 Å². The summed E-state index contributed by atoms with van der Waals surface area (Å²) in [7, 11) is 1.77. The number of hydrogen-bond acceptors (Lipinski definition) is 3. The highest BCUT2D eigenvalue weighted by molar-refractivity contribution is 7.80. The summed E-state index contributed by atoms with van der Waals surface area (Å²) >= 11 is 4.35. The summed E-state index contributed by atoms with van der Waals surface area (Å²) in [6, 6.07) is 0.697. The zero-order chi connectivity index (χ0) is 11.7. The Labute approximate surface area is 101 Å². The van der Waals surface area contributed by atoms with E-state index >= 15 is 0 Å². The molecule has 92 valence electrons. The smallest absolute Gasteiger partial charge is 0.0589 e. The Morgan fingerprint density at radius 2 is 1.87 bits per heavy atom. The second kappa shape index (κ2) is 9.49. The summed E-state index contributed by atoms with van der Waals surface area (Å²) in [5.74, 6) is 1.62. The molecule has 0 aliphatic carbocycles. The van der Waals surface area contributed by atoms with Crippen LogP contribution in [0.15, 0.2) is 0 Å². The third kappa shape index (κ3) is 6.44. The van der Waals surface area contributed by atoms with Crippen LogP contribution in [0.25, 0.3) is 0 Å². The molecule has 0 aromatic carbocycles. The summed E-state index contributed by atoms with van der Waals surface area (Å²) in [4.78, 5) is 2.55. The van der Waals surface area contributed by atoms with Crippen LogP contribution in [-0.2, 0) is 4.74 Å². The van der Waals surface area contributed by atoms with Gasteiger partial charge in [-0.05, 0) is 24.5 Å². The molecule has 2 nitrogen and oxygen atoms in total. The molecule has 0 radical (unpaired) electrons. The number of nitrogens with zero attached hydrogens (tertiary/aromatic N) is 1. The molecule has 3 heteroatoms. The van der Waals surface area contributed by atoms with Gasteiger partial charge in [-0.1, -0.05) is 20.8 Å². The lowest BCUT2D eigenvalue weighted by Crippen LogP contribution is -2.40. The predicted molar refractivity (Wildman–Crippen MR) is 70.8 cm³/mol. The monoisotopic (exact) mass is 233 g/mol. The highest BCUT2D eigenvalue weighted by Crippen LogP contribution is 2.11. The van der Waals surface area contributed by atoms with Gasteiger partial charge in [0.25, 0.3) is 0 Å². The third-order valence-electron chi connectivity index (χ3n) is 2.90. The molecule has 0 aliphatic heterocycles. The summed E-state index contributed by atoms with van der Waals surface area (Å²) in [5, 5.41) is 0. The Bertz CT molecular complexity index is 140. The fraction of sp³-hybridized carbons (Fsp3) is 1.00. The molecule has 15 heavy (non-hydrogen) atoms. The van der Waals surface area contributed by atoms with E-state index in [1.807, 2.05) is 0 Å². The van der Waals surface area contributed by atoms with Crippen molar-refractivity contribution < 1.29 is 4.74 Å². The first-order chi connectivity index (χ1) is 7.19. The molecule has 0 saturated carbocycles. The summed E-state index contributed by atoms with van der Waals surface area (Å²) in [6.45, 7) is 9.80. The quantitative estimate of drug-likeness (QED) is 0.615. The Kier molecular flexibility index (Phi) is 9.66. The fourth-order valence-electron chi connectivity index (χ4n) is 1.89. The maximum absolute atomic E-state index is 5.17. The number of thiol groups is 1. The second-order valence-corrected chi connectivity index (χ2v) is 4.61. The molecule has 1 atom stereocenters. The lowest BCUT2D eigenvalue weighted by Gasteiger charge is -2.32. The van der Waals surface area contributed by atoms with Gasteiger partial charge in [-0.3, -0.25) is 4.90 Å². The minimum Gasteiger partial charge on any atom is -0.383 e. The van der Waals surface area contributed by atoms with E-state index in [0.29, 0.717) is 12.0 Å². The van der Waals surface area contributed by atoms with Gasteiger partial charge in [0.15, 0.2) is 0 Å². The van der Waals surface area contributed by atoms with Crippen LogP contribution in [0.1, 0.15) is 33.6 Å². The van der Waals surface area contributed by atoms with E-state index < -0.39 is 0 Å². The van der Waals surface area contributed by atoms with Crippen molar-refractivity contribution in [2.45, 2.75) is 39.7 Å². The van der Waals surface area contributed by atoms with Crippen molar-refractivity contribution in [3.63, 3.8) is 0 Å². The first-order valence-corrected chi connectivity index (χ1v) is 6.66. The van der Waals surface area contributed by atoms with Gasteiger partial charge in [0, 0.05) is 26.2 Å². The summed E-state index contributed by atoms with van der Waals surface area (Å²) in [5.41, 5.74) is 0. The molecule has 0 amide bonds. The number of rotatable bonds is 9. The topological polar surface area (TPSA) is 12.5 Å². The maximum atomic E-state index is 5.17. The number of hydrogen-bond donors (Lipinski definition) is 1. The van der Waals surface area contributed by atoms with Gasteiger partial charge in [-0.25, -0.2) is 0 Å². The zero-order valence-electron chi connectivity index (χ0n) is 10.7. The number of ether oxygens (including phenoxy) is 1. The molecule has 0 heterocycles. The Morgan fingerprint density at radius 1 is 1.27 bits per heavy atom. The summed E-state index contributed by atoms with van der Waals surface area (Å²) in [6.07, 6.45) is 2.44. The van der Waals surface area contributed by atoms with Gasteiger partial charge >= 0.3 is 0 Å². The Balaban J connectivity index is 4.14. The van der Waals surface area contributed by atoms with Crippen molar-refractivity contribution in [2.75, 3.05) is 32.6 Å². The van der Waals surface area contributed by atoms with Crippen molar-refractivity contribution in [3.8, 4) is 0 Å². The van der Waals surface area contributed by atoms with Crippen LogP contribution in [0.4, 0.5) is 0 Å². The molecule has 0 aromatic rings. The normalized spacial score (nSPS) is 13.8. The van der Waals surface area contributed by atoms with E-state index in [-0.39, 0.29) is 0 Å². The van der Waals surface area contributed by atoms with E-state index in [4.69, 9.17) is 4.74 Å². The molecule has 0 N–H and O–H groups in total. The van der Waals surface area contributed by atoms with E-state index in [1.165, 1.54) is 12.8 Å². The van der Waals surface area contributed by atoms with Crippen LogP contribution in [0, 0.1) is 5.92 Å². The lowest BCUT2D eigenvalue weighted by atomic mass is 10.1. The van der Waals surface area contributed by atoms with Crippen molar-refractivity contribution in [3.05, 3.63) is 0 Å². The van der Waals surface area contributed by atoms with Crippen LogP contribution in [0.3, 0.4) is 0 Å². The third-order valence-corrected chi connectivity index (χ3v) is 3.52. The minimum atomic E-state index is 0.658. The summed E-state index contributed by atoms with van der Waals surface area (Å²) < 4.78 is 5.17. The SMILES string of the molecule is CCC(CC)N(CCOC)CC(C)CS. The molecule has 0 aromatic heterocycles. The predicted octanol–water partition coefficient (Wildman–Crippen LogP) is 2.69. The molecule has 0 rings (SSSR count). The average Bonchev–Trinajstić information content (AvgIpc) is 2.26. The van der Waals surface area contributed by atoms with Crippen molar-refractivity contribution in [2.24, 2.45) is 5.92 Å². The van der Waals surface area contributed by atoms with Gasteiger partial charge in [0.1, 0.15) is 0 Å². The van der Waals surface area contributed by atoms with Gasteiger partial charge in [-0.15, -0.1) is 0 Å². The first kappa shape index (κ1) is 15.3. The van der Waals surface area contributed by atoms with E-state index in [9.17, 15) is 0 Å². The largest absolute Gasteiger partial charge is 0.383 e. The molecule has 0 saturated heterocycles. The van der Waals surface area contributed by atoms with Crippen LogP contribution in [0.5, 0.6) is 0 Å². The molecule has 0 bridgehead atoms. The molecular formula is C12H27NOS. The van der Waals surface area contributed by atoms with Gasteiger partial charge in [-0.2, -0.15) is 12.6 Å². The van der Waals surface area contributed by atoms with Crippen molar-refractivity contribution in [1.29, 1.82) is 0 Å². The number of methoxy groups -OCH3 is 1. The zero-order valence-corrected chi connectivity index (χ0v) is 11.6. The molecule has 0 aliphatic rings. The van der Waals surface area contributed by atoms with Crippen LogP contribution in [0.2, 0.25) is 0 Å². The van der Waals surface area contributed by atoms with Crippen molar-refractivity contribution >= 4 is 12.6 Å².